The van der Waals surface area contributed by atoms with Crippen LogP contribution in [0.3, 0.4) is 0 Å². The van der Waals surface area contributed by atoms with Crippen LogP contribution in [0.25, 0.3) is 0 Å². The van der Waals surface area contributed by atoms with Gasteiger partial charge in [-0.3, -0.25) is 4.79 Å². The highest BCUT2D eigenvalue weighted by molar-refractivity contribution is 5.90. The molecule has 0 aliphatic rings. The molecule has 0 heterocycles. The third kappa shape index (κ3) is 5.28. The molecule has 0 fully saturated rings. The molecule has 1 rings (SSSR count). The lowest BCUT2D eigenvalue weighted by molar-refractivity contribution is -0.115. The number of carbonyl (C=O) groups is 1. The molecule has 0 aliphatic heterocycles. The Morgan fingerprint density at radius 1 is 1.20 bits per heavy atom. The maximum absolute atomic E-state index is 11.3. The first kappa shape index (κ1) is 16.6. The maximum atomic E-state index is 11.3. The van der Waals surface area contributed by atoms with Gasteiger partial charge >= 0.3 is 0 Å². The predicted molar refractivity (Wildman–Crippen MR) is 79.5 cm³/mol. The van der Waals surface area contributed by atoms with Gasteiger partial charge in [-0.1, -0.05) is 19.1 Å². The Kier molecular flexibility index (Phi) is 6.64. The summed E-state index contributed by atoms with van der Waals surface area (Å²) >= 11 is 0. The summed E-state index contributed by atoms with van der Waals surface area (Å²) in [5.74, 6) is -0.0368. The Labute approximate surface area is 120 Å². The lowest BCUT2D eigenvalue weighted by atomic mass is 10.0. The van der Waals surface area contributed by atoms with Crippen LogP contribution in [0.4, 0.5) is 5.69 Å². The van der Waals surface area contributed by atoms with E-state index in [1.807, 2.05) is 6.92 Å². The van der Waals surface area contributed by atoms with E-state index in [1.165, 1.54) is 0 Å². The summed E-state index contributed by atoms with van der Waals surface area (Å²) in [5.41, 5.74) is 1.49. The molecule has 1 amide bonds. The molecule has 1 aromatic rings. The molecule has 0 bridgehead atoms. The Balaban J connectivity index is 2.60. The van der Waals surface area contributed by atoms with E-state index >= 15 is 0 Å². The lowest BCUT2D eigenvalue weighted by Gasteiger charge is -2.21. The van der Waals surface area contributed by atoms with Crippen LogP contribution in [0.15, 0.2) is 24.3 Å². The maximum Gasteiger partial charge on any atom is 0.224 e. The average molecular weight is 280 g/mol. The molecule has 0 saturated heterocycles. The number of aliphatic hydroxyl groups excluding tert-OH is 2. The molecule has 3 atom stereocenters. The first-order chi connectivity index (χ1) is 9.43. The van der Waals surface area contributed by atoms with Crippen molar-refractivity contribution in [1.82, 2.24) is 5.32 Å². The number of nitrogens with one attached hydrogen (secondary N) is 2. The van der Waals surface area contributed by atoms with Crippen molar-refractivity contribution in [3.63, 3.8) is 0 Å². The minimum atomic E-state index is -0.662. The van der Waals surface area contributed by atoms with Crippen LogP contribution >= 0.6 is 0 Å². The second kappa shape index (κ2) is 7.99. The van der Waals surface area contributed by atoms with E-state index < -0.39 is 12.2 Å². The molecule has 20 heavy (non-hydrogen) atoms. The van der Waals surface area contributed by atoms with Crippen LogP contribution in [0, 0.1) is 0 Å². The largest absolute Gasteiger partial charge is 0.392 e. The summed E-state index contributed by atoms with van der Waals surface area (Å²) in [6.07, 6.45) is -0.675. The van der Waals surface area contributed by atoms with E-state index in [2.05, 4.69) is 10.6 Å². The van der Waals surface area contributed by atoms with Crippen molar-refractivity contribution in [2.75, 3.05) is 11.9 Å². The first-order valence-electron chi connectivity index (χ1n) is 6.93. The second-order valence-electron chi connectivity index (χ2n) is 5.01. The van der Waals surface area contributed by atoms with Crippen molar-refractivity contribution in [2.24, 2.45) is 0 Å². The SMILES string of the molecule is CCC(=O)Nc1ccc(C(O)C(C)NCC(C)O)cc1. The van der Waals surface area contributed by atoms with Crippen molar-refractivity contribution < 1.29 is 15.0 Å². The minimum absolute atomic E-state index is 0.0368. The monoisotopic (exact) mass is 280 g/mol. The summed E-state index contributed by atoms with van der Waals surface area (Å²) in [7, 11) is 0. The van der Waals surface area contributed by atoms with Gasteiger partial charge in [0.2, 0.25) is 5.91 Å². The minimum Gasteiger partial charge on any atom is -0.392 e. The normalized spacial score (nSPS) is 15.4. The van der Waals surface area contributed by atoms with E-state index in [-0.39, 0.29) is 11.9 Å². The molecule has 112 valence electrons. The van der Waals surface area contributed by atoms with Gasteiger partial charge < -0.3 is 20.8 Å². The van der Waals surface area contributed by atoms with Crippen LogP contribution in [-0.2, 0) is 4.79 Å². The molecule has 5 nitrogen and oxygen atoms in total. The van der Waals surface area contributed by atoms with E-state index in [0.717, 1.165) is 11.3 Å². The zero-order chi connectivity index (χ0) is 15.1. The van der Waals surface area contributed by atoms with Gasteiger partial charge in [0, 0.05) is 24.7 Å². The third-order valence-corrected chi connectivity index (χ3v) is 3.07. The summed E-state index contributed by atoms with van der Waals surface area (Å²) in [6.45, 7) is 5.78. The van der Waals surface area contributed by atoms with Crippen molar-refractivity contribution in [1.29, 1.82) is 0 Å². The van der Waals surface area contributed by atoms with Gasteiger partial charge in [-0.2, -0.15) is 0 Å². The zero-order valence-electron chi connectivity index (χ0n) is 12.3. The number of anilines is 1. The van der Waals surface area contributed by atoms with Gasteiger partial charge in [0.15, 0.2) is 0 Å². The van der Waals surface area contributed by atoms with Crippen LogP contribution < -0.4 is 10.6 Å². The smallest absolute Gasteiger partial charge is 0.224 e. The predicted octanol–water partition coefficient (Wildman–Crippen LogP) is 1.43. The zero-order valence-corrected chi connectivity index (χ0v) is 12.3. The van der Waals surface area contributed by atoms with Gasteiger partial charge in [0.1, 0.15) is 0 Å². The first-order valence-corrected chi connectivity index (χ1v) is 6.93. The van der Waals surface area contributed by atoms with Crippen LogP contribution in [0.5, 0.6) is 0 Å². The van der Waals surface area contributed by atoms with Crippen molar-refractivity contribution >= 4 is 11.6 Å². The van der Waals surface area contributed by atoms with Gasteiger partial charge in [-0.15, -0.1) is 0 Å². The molecule has 3 unspecified atom stereocenters. The number of benzene rings is 1. The summed E-state index contributed by atoms with van der Waals surface area (Å²) < 4.78 is 0. The molecule has 0 spiro atoms. The highest BCUT2D eigenvalue weighted by Crippen LogP contribution is 2.19. The van der Waals surface area contributed by atoms with Gasteiger partial charge in [0.25, 0.3) is 0 Å². The van der Waals surface area contributed by atoms with Gasteiger partial charge in [-0.05, 0) is 31.5 Å². The molecule has 5 heteroatoms. The molecular weight excluding hydrogens is 256 g/mol. The van der Waals surface area contributed by atoms with Crippen molar-refractivity contribution in [3.8, 4) is 0 Å². The fourth-order valence-electron chi connectivity index (χ4n) is 1.77. The van der Waals surface area contributed by atoms with E-state index in [1.54, 1.807) is 38.1 Å². The number of aliphatic hydroxyl groups is 2. The van der Waals surface area contributed by atoms with Crippen LogP contribution in [0.2, 0.25) is 0 Å². The van der Waals surface area contributed by atoms with Crippen LogP contribution in [-0.4, -0.2) is 34.8 Å². The fraction of sp³-hybridized carbons (Fsp3) is 0.533. The number of hydrogen-bond donors (Lipinski definition) is 4. The van der Waals surface area contributed by atoms with Crippen molar-refractivity contribution in [3.05, 3.63) is 29.8 Å². The Morgan fingerprint density at radius 2 is 1.80 bits per heavy atom. The molecule has 4 N–H and O–H groups in total. The fourth-order valence-corrected chi connectivity index (χ4v) is 1.77. The third-order valence-electron chi connectivity index (χ3n) is 3.07. The highest BCUT2D eigenvalue weighted by Gasteiger charge is 2.16. The van der Waals surface area contributed by atoms with E-state index in [4.69, 9.17) is 0 Å². The molecule has 0 aliphatic carbocycles. The Bertz CT molecular complexity index is 418. The molecular formula is C15H24N2O3. The molecule has 1 aromatic carbocycles. The number of amides is 1. The lowest BCUT2D eigenvalue weighted by Crippen LogP contribution is -2.36. The number of rotatable bonds is 7. The number of hydrogen-bond acceptors (Lipinski definition) is 4. The summed E-state index contributed by atoms with van der Waals surface area (Å²) in [6, 6.07) is 6.95. The van der Waals surface area contributed by atoms with Crippen LogP contribution in [0.1, 0.15) is 38.9 Å². The van der Waals surface area contributed by atoms with E-state index in [9.17, 15) is 15.0 Å². The summed E-state index contributed by atoms with van der Waals surface area (Å²) in [4.78, 5) is 11.3. The Hall–Kier alpha value is -1.43. The Morgan fingerprint density at radius 3 is 2.30 bits per heavy atom. The molecule has 0 radical (unpaired) electrons. The van der Waals surface area contributed by atoms with Gasteiger partial charge in [-0.25, -0.2) is 0 Å². The quantitative estimate of drug-likeness (QED) is 0.609. The topological polar surface area (TPSA) is 81.6 Å². The van der Waals surface area contributed by atoms with E-state index in [0.29, 0.717) is 13.0 Å². The standard InChI is InChI=1S/C15H24N2O3/c1-4-14(19)17-13-7-5-12(6-8-13)15(20)11(3)16-9-10(2)18/h5-8,10-11,15-16,18,20H,4,9H2,1-3H3,(H,17,19). The summed E-state index contributed by atoms with van der Waals surface area (Å²) in [5, 5.41) is 25.2. The van der Waals surface area contributed by atoms with Crippen molar-refractivity contribution in [2.45, 2.75) is 45.4 Å². The number of carbonyl (C=O) groups excluding carboxylic acids is 1. The molecule has 0 aromatic heterocycles. The van der Waals surface area contributed by atoms with Gasteiger partial charge in [0.05, 0.1) is 12.2 Å². The molecule has 0 saturated carbocycles. The average Bonchev–Trinajstić information content (AvgIpc) is 2.44. The highest BCUT2D eigenvalue weighted by atomic mass is 16.3. The second-order valence-corrected chi connectivity index (χ2v) is 5.01.